The van der Waals surface area contributed by atoms with E-state index in [4.69, 9.17) is 21.1 Å². The van der Waals surface area contributed by atoms with Crippen molar-refractivity contribution < 1.29 is 22.6 Å². The molecule has 159 valence electrons. The molecule has 10 heteroatoms. The highest BCUT2D eigenvalue weighted by Gasteiger charge is 2.31. The summed E-state index contributed by atoms with van der Waals surface area (Å²) in [5.74, 6) is 0.442. The summed E-state index contributed by atoms with van der Waals surface area (Å²) in [6.07, 6.45) is 0.498. The van der Waals surface area contributed by atoms with Crippen LogP contribution in [-0.2, 0) is 12.6 Å². The van der Waals surface area contributed by atoms with E-state index in [-0.39, 0.29) is 11.6 Å². The largest absolute Gasteiger partial charge is 0.493 e. The molecule has 4 aromatic rings. The Morgan fingerprint density at radius 3 is 2.71 bits per heavy atom. The maximum absolute atomic E-state index is 12.9. The molecule has 0 aliphatic rings. The van der Waals surface area contributed by atoms with Crippen molar-refractivity contribution in [2.75, 3.05) is 7.11 Å². The first kappa shape index (κ1) is 21.3. The van der Waals surface area contributed by atoms with Gasteiger partial charge in [0.15, 0.2) is 11.5 Å². The van der Waals surface area contributed by atoms with E-state index in [0.717, 1.165) is 39.8 Å². The Labute approximate surface area is 184 Å². The van der Waals surface area contributed by atoms with Crippen LogP contribution in [0.1, 0.15) is 16.8 Å². The SMILES string of the molecule is COc1cc(C[CH]c2ncnc3scc(Cl)c23)ccc1Oc1cc(C(F)(F)F)ccn1. The molecule has 0 atom stereocenters. The molecule has 1 radical (unpaired) electrons. The van der Waals surface area contributed by atoms with Crippen LogP contribution in [0.4, 0.5) is 13.2 Å². The predicted octanol–water partition coefficient (Wildman–Crippen LogP) is 6.35. The highest BCUT2D eigenvalue weighted by Crippen LogP contribution is 2.36. The van der Waals surface area contributed by atoms with Gasteiger partial charge < -0.3 is 9.47 Å². The third-order valence-corrected chi connectivity index (χ3v) is 5.70. The van der Waals surface area contributed by atoms with Crippen LogP contribution in [0, 0.1) is 6.42 Å². The first-order chi connectivity index (χ1) is 14.8. The fourth-order valence-corrected chi connectivity index (χ4v) is 4.06. The van der Waals surface area contributed by atoms with Crippen LogP contribution in [0.25, 0.3) is 10.2 Å². The van der Waals surface area contributed by atoms with Gasteiger partial charge in [-0.25, -0.2) is 15.0 Å². The van der Waals surface area contributed by atoms with Gasteiger partial charge in [-0.2, -0.15) is 13.2 Å². The third-order valence-electron chi connectivity index (χ3n) is 4.39. The number of rotatable bonds is 6. The average molecular weight is 465 g/mol. The number of halogens is 4. The predicted molar refractivity (Wildman–Crippen MR) is 112 cm³/mol. The van der Waals surface area contributed by atoms with E-state index in [2.05, 4.69) is 15.0 Å². The Kier molecular flexibility index (Phi) is 5.97. The Balaban J connectivity index is 1.52. The summed E-state index contributed by atoms with van der Waals surface area (Å²) < 4.78 is 49.6. The molecule has 0 fully saturated rings. The van der Waals surface area contributed by atoms with Crippen LogP contribution < -0.4 is 9.47 Å². The van der Waals surface area contributed by atoms with E-state index in [0.29, 0.717) is 17.2 Å². The average Bonchev–Trinajstić information content (AvgIpc) is 3.14. The van der Waals surface area contributed by atoms with Gasteiger partial charge in [0.1, 0.15) is 11.2 Å². The van der Waals surface area contributed by atoms with E-state index in [1.807, 2.05) is 11.8 Å². The lowest BCUT2D eigenvalue weighted by Gasteiger charge is -2.13. The molecular weight excluding hydrogens is 451 g/mol. The molecule has 0 aliphatic heterocycles. The Bertz CT molecular complexity index is 1230. The molecule has 0 saturated carbocycles. The van der Waals surface area contributed by atoms with Crippen LogP contribution in [-0.4, -0.2) is 22.1 Å². The number of thiophene rings is 1. The lowest BCUT2D eigenvalue weighted by Crippen LogP contribution is -2.05. The third kappa shape index (κ3) is 4.72. The molecular formula is C21H14ClF3N3O2S. The normalized spacial score (nSPS) is 11.6. The van der Waals surface area contributed by atoms with Gasteiger partial charge in [-0.3, -0.25) is 0 Å². The maximum Gasteiger partial charge on any atom is 0.416 e. The highest BCUT2D eigenvalue weighted by molar-refractivity contribution is 7.17. The fourth-order valence-electron chi connectivity index (χ4n) is 2.91. The minimum Gasteiger partial charge on any atom is -0.493 e. The van der Waals surface area contributed by atoms with Crippen LogP contribution in [0.15, 0.2) is 48.2 Å². The van der Waals surface area contributed by atoms with Crippen LogP contribution >= 0.6 is 22.9 Å². The molecule has 1 aromatic carbocycles. The first-order valence-corrected chi connectivity index (χ1v) is 10.2. The van der Waals surface area contributed by atoms with Crippen molar-refractivity contribution in [3.05, 3.63) is 76.5 Å². The van der Waals surface area contributed by atoms with Crippen LogP contribution in [0.2, 0.25) is 5.02 Å². The maximum atomic E-state index is 12.9. The summed E-state index contributed by atoms with van der Waals surface area (Å²) in [6.45, 7) is 0. The zero-order valence-electron chi connectivity index (χ0n) is 16.0. The van der Waals surface area contributed by atoms with E-state index in [1.54, 1.807) is 18.2 Å². The zero-order chi connectivity index (χ0) is 22.0. The zero-order valence-corrected chi connectivity index (χ0v) is 17.6. The molecule has 0 aliphatic carbocycles. The molecule has 0 amide bonds. The van der Waals surface area contributed by atoms with E-state index < -0.39 is 11.7 Å². The van der Waals surface area contributed by atoms with Crippen molar-refractivity contribution in [2.45, 2.75) is 12.6 Å². The van der Waals surface area contributed by atoms with Gasteiger partial charge in [0.2, 0.25) is 5.88 Å². The summed E-state index contributed by atoms with van der Waals surface area (Å²) >= 11 is 7.69. The van der Waals surface area contributed by atoms with E-state index in [9.17, 15) is 13.2 Å². The Hall–Kier alpha value is -2.91. The molecule has 4 rings (SSSR count). The van der Waals surface area contributed by atoms with Crippen molar-refractivity contribution in [3.8, 4) is 17.4 Å². The number of nitrogens with zero attached hydrogens (tertiary/aromatic N) is 3. The number of pyridine rings is 1. The number of ether oxygens (including phenoxy) is 2. The summed E-state index contributed by atoms with van der Waals surface area (Å²) in [6, 6.07) is 6.87. The fraction of sp³-hybridized carbons (Fsp3) is 0.143. The molecule has 3 heterocycles. The number of methoxy groups -OCH3 is 1. The standard InChI is InChI=1S/C21H14ClF3N3O2S/c1-29-17-8-12(2-4-15-19-14(22)10-31-20(19)28-11-27-15)3-5-16(17)30-18-9-13(6-7-26-18)21(23,24)25/h3-11H,2H2,1H3. The van der Waals surface area contributed by atoms with Gasteiger partial charge in [-0.1, -0.05) is 17.7 Å². The van der Waals surface area contributed by atoms with Crippen LogP contribution in [0.5, 0.6) is 17.4 Å². The summed E-state index contributed by atoms with van der Waals surface area (Å²) in [5.41, 5.74) is 0.772. The van der Waals surface area contributed by atoms with Gasteiger partial charge in [0.25, 0.3) is 0 Å². The minimum absolute atomic E-state index is 0.178. The number of benzene rings is 1. The van der Waals surface area contributed by atoms with Gasteiger partial charge in [0.05, 0.1) is 28.8 Å². The van der Waals surface area contributed by atoms with Crippen LogP contribution in [0.3, 0.4) is 0 Å². The number of fused-ring (bicyclic) bond motifs is 1. The Morgan fingerprint density at radius 2 is 1.94 bits per heavy atom. The van der Waals surface area contributed by atoms with Crippen molar-refractivity contribution in [3.63, 3.8) is 0 Å². The highest BCUT2D eigenvalue weighted by atomic mass is 35.5. The second-order valence-corrected chi connectivity index (χ2v) is 7.66. The molecule has 0 N–H and O–H groups in total. The lowest BCUT2D eigenvalue weighted by atomic mass is 10.1. The minimum atomic E-state index is -4.48. The smallest absolute Gasteiger partial charge is 0.416 e. The van der Waals surface area contributed by atoms with Gasteiger partial charge in [0, 0.05) is 24.1 Å². The molecule has 31 heavy (non-hydrogen) atoms. The van der Waals surface area contributed by atoms with E-state index in [1.165, 1.54) is 24.8 Å². The van der Waals surface area contributed by atoms with Crippen molar-refractivity contribution in [1.29, 1.82) is 0 Å². The summed E-state index contributed by atoms with van der Waals surface area (Å²) in [4.78, 5) is 13.2. The molecule has 0 unspecified atom stereocenters. The number of hydrogen-bond donors (Lipinski definition) is 0. The van der Waals surface area contributed by atoms with Crippen molar-refractivity contribution >= 4 is 33.2 Å². The molecule has 0 spiro atoms. The molecule has 3 aromatic heterocycles. The number of alkyl halides is 3. The number of hydrogen-bond acceptors (Lipinski definition) is 6. The first-order valence-electron chi connectivity index (χ1n) is 8.94. The van der Waals surface area contributed by atoms with Gasteiger partial charge in [-0.15, -0.1) is 11.3 Å². The molecule has 5 nitrogen and oxygen atoms in total. The second-order valence-electron chi connectivity index (χ2n) is 6.40. The molecule has 0 bridgehead atoms. The quantitative estimate of drug-likeness (QED) is 0.332. The summed E-state index contributed by atoms with van der Waals surface area (Å²) in [7, 11) is 1.45. The van der Waals surface area contributed by atoms with Gasteiger partial charge >= 0.3 is 6.18 Å². The number of aromatic nitrogens is 3. The van der Waals surface area contributed by atoms with E-state index >= 15 is 0 Å². The topological polar surface area (TPSA) is 57.1 Å². The monoisotopic (exact) mass is 464 g/mol. The summed E-state index contributed by atoms with van der Waals surface area (Å²) in [5, 5.41) is 3.22. The van der Waals surface area contributed by atoms with Crippen molar-refractivity contribution in [1.82, 2.24) is 15.0 Å². The molecule has 0 saturated heterocycles. The van der Waals surface area contributed by atoms with Gasteiger partial charge in [-0.05, 0) is 30.2 Å². The van der Waals surface area contributed by atoms with Crippen molar-refractivity contribution in [2.24, 2.45) is 0 Å². The lowest BCUT2D eigenvalue weighted by molar-refractivity contribution is -0.137. The second kappa shape index (κ2) is 8.68. The Morgan fingerprint density at radius 1 is 1.10 bits per heavy atom.